The Hall–Kier alpha value is -2.57. The second-order valence-electron chi connectivity index (χ2n) is 7.60. The van der Waals surface area contributed by atoms with Crippen molar-refractivity contribution in [2.45, 2.75) is 46.1 Å². The number of rotatable bonds is 6. The highest BCUT2D eigenvalue weighted by atomic mass is 16.2. The van der Waals surface area contributed by atoms with Gasteiger partial charge in [-0.1, -0.05) is 20.8 Å². The number of nitrogens with one attached hydrogen (secondary N) is 2. The quantitative estimate of drug-likeness (QED) is 0.817. The summed E-state index contributed by atoms with van der Waals surface area (Å²) in [7, 11) is 1.85. The minimum Gasteiger partial charge on any atom is -0.354 e. The van der Waals surface area contributed by atoms with E-state index in [0.717, 1.165) is 17.7 Å². The number of hydrogen-bond acceptors (Lipinski definition) is 3. The standard InChI is InChI=1S/C20H29N5O2/c1-5-17-16(13(2)3)8-18(23-17)20(27)25-7-6-15(12-25)19(26)21-9-14-10-22-24(4)11-14/h8,10-11,13,15,23H,5-7,9,12H2,1-4H3,(H,21,26). The summed E-state index contributed by atoms with van der Waals surface area (Å²) in [6.45, 7) is 7.90. The van der Waals surface area contributed by atoms with E-state index in [0.29, 0.717) is 37.7 Å². The number of H-pyrrole nitrogens is 1. The third kappa shape index (κ3) is 4.23. The van der Waals surface area contributed by atoms with Crippen LogP contribution in [0.1, 0.15) is 60.4 Å². The molecule has 0 aromatic carbocycles. The average Bonchev–Trinajstić information content (AvgIpc) is 3.37. The fourth-order valence-electron chi connectivity index (χ4n) is 3.66. The molecule has 0 bridgehead atoms. The number of aryl methyl sites for hydroxylation is 2. The van der Waals surface area contributed by atoms with Gasteiger partial charge >= 0.3 is 0 Å². The number of amides is 2. The third-order valence-electron chi connectivity index (χ3n) is 5.21. The highest BCUT2D eigenvalue weighted by molar-refractivity contribution is 5.94. The smallest absolute Gasteiger partial charge is 0.270 e. The predicted octanol–water partition coefficient (Wildman–Crippen LogP) is 2.21. The first kappa shape index (κ1) is 19.2. The van der Waals surface area contributed by atoms with Crippen LogP contribution in [0.2, 0.25) is 0 Å². The van der Waals surface area contributed by atoms with Crippen LogP contribution in [0.3, 0.4) is 0 Å². The van der Waals surface area contributed by atoms with Gasteiger partial charge in [-0.05, 0) is 30.4 Å². The Morgan fingerprint density at radius 3 is 2.78 bits per heavy atom. The molecule has 0 radical (unpaired) electrons. The van der Waals surface area contributed by atoms with Crippen LogP contribution in [0.15, 0.2) is 18.5 Å². The highest BCUT2D eigenvalue weighted by Crippen LogP contribution is 2.24. The number of carbonyl (C=O) groups is 2. The first-order chi connectivity index (χ1) is 12.9. The van der Waals surface area contributed by atoms with Gasteiger partial charge in [0, 0.05) is 44.1 Å². The molecule has 27 heavy (non-hydrogen) atoms. The first-order valence-corrected chi connectivity index (χ1v) is 9.65. The van der Waals surface area contributed by atoms with Crippen LogP contribution in [-0.2, 0) is 24.8 Å². The number of carbonyl (C=O) groups excluding carboxylic acids is 2. The molecule has 146 valence electrons. The molecule has 2 aromatic rings. The molecule has 2 N–H and O–H groups in total. The molecule has 3 rings (SSSR count). The van der Waals surface area contributed by atoms with Crippen molar-refractivity contribution in [2.24, 2.45) is 13.0 Å². The molecule has 0 spiro atoms. The first-order valence-electron chi connectivity index (χ1n) is 9.65. The van der Waals surface area contributed by atoms with Crippen LogP contribution < -0.4 is 5.32 Å². The van der Waals surface area contributed by atoms with Crippen molar-refractivity contribution in [1.29, 1.82) is 0 Å². The highest BCUT2D eigenvalue weighted by Gasteiger charge is 2.32. The summed E-state index contributed by atoms with van der Waals surface area (Å²) in [6.07, 6.45) is 5.20. The van der Waals surface area contributed by atoms with Gasteiger partial charge in [-0.3, -0.25) is 14.3 Å². The lowest BCUT2D eigenvalue weighted by Gasteiger charge is -2.15. The van der Waals surface area contributed by atoms with Crippen molar-refractivity contribution >= 4 is 11.8 Å². The summed E-state index contributed by atoms with van der Waals surface area (Å²) in [5, 5.41) is 7.05. The van der Waals surface area contributed by atoms with Crippen molar-refractivity contribution < 1.29 is 9.59 Å². The van der Waals surface area contributed by atoms with Crippen LogP contribution >= 0.6 is 0 Å². The van der Waals surface area contributed by atoms with E-state index in [-0.39, 0.29) is 17.7 Å². The van der Waals surface area contributed by atoms with Gasteiger partial charge in [-0.2, -0.15) is 5.10 Å². The van der Waals surface area contributed by atoms with Crippen molar-refractivity contribution in [3.05, 3.63) is 41.0 Å². The van der Waals surface area contributed by atoms with Crippen LogP contribution in [-0.4, -0.2) is 44.6 Å². The van der Waals surface area contributed by atoms with Gasteiger partial charge in [0.15, 0.2) is 0 Å². The van der Waals surface area contributed by atoms with Crippen LogP contribution in [0.4, 0.5) is 0 Å². The molecule has 1 atom stereocenters. The molecule has 1 saturated heterocycles. The Kier molecular flexibility index (Phi) is 5.68. The summed E-state index contributed by atoms with van der Waals surface area (Å²) < 4.78 is 1.71. The zero-order valence-electron chi connectivity index (χ0n) is 16.6. The Bertz CT molecular complexity index is 820. The maximum Gasteiger partial charge on any atom is 0.270 e. The molecule has 3 heterocycles. The zero-order valence-corrected chi connectivity index (χ0v) is 16.6. The molecule has 1 aliphatic rings. The van der Waals surface area contributed by atoms with E-state index in [4.69, 9.17) is 0 Å². The molecule has 2 amide bonds. The van der Waals surface area contributed by atoms with Crippen molar-refractivity contribution in [3.8, 4) is 0 Å². The predicted molar refractivity (Wildman–Crippen MR) is 103 cm³/mol. The Morgan fingerprint density at radius 1 is 1.41 bits per heavy atom. The molecule has 7 nitrogen and oxygen atoms in total. The van der Waals surface area contributed by atoms with Gasteiger partial charge in [-0.25, -0.2) is 0 Å². The normalized spacial score (nSPS) is 16.9. The van der Waals surface area contributed by atoms with Crippen molar-refractivity contribution in [1.82, 2.24) is 25.0 Å². The van der Waals surface area contributed by atoms with E-state index >= 15 is 0 Å². The minimum atomic E-state index is -0.157. The van der Waals surface area contributed by atoms with Crippen molar-refractivity contribution in [2.75, 3.05) is 13.1 Å². The van der Waals surface area contributed by atoms with E-state index in [2.05, 4.69) is 36.2 Å². The molecule has 1 unspecified atom stereocenters. The maximum absolute atomic E-state index is 12.9. The molecular weight excluding hydrogens is 342 g/mol. The summed E-state index contributed by atoms with van der Waals surface area (Å²) in [6, 6.07) is 1.97. The van der Waals surface area contributed by atoms with Gasteiger partial charge in [0.25, 0.3) is 5.91 Å². The lowest BCUT2D eigenvalue weighted by Crippen LogP contribution is -2.34. The second kappa shape index (κ2) is 7.98. The molecule has 7 heteroatoms. The van der Waals surface area contributed by atoms with Crippen molar-refractivity contribution in [3.63, 3.8) is 0 Å². The molecule has 0 aliphatic carbocycles. The van der Waals surface area contributed by atoms with Gasteiger partial charge in [0.2, 0.25) is 5.91 Å². The van der Waals surface area contributed by atoms with Crippen LogP contribution in [0.25, 0.3) is 0 Å². The molecular formula is C20H29N5O2. The van der Waals surface area contributed by atoms with Gasteiger partial charge in [0.05, 0.1) is 12.1 Å². The largest absolute Gasteiger partial charge is 0.354 e. The third-order valence-corrected chi connectivity index (χ3v) is 5.21. The van der Waals surface area contributed by atoms with Gasteiger partial charge in [-0.15, -0.1) is 0 Å². The maximum atomic E-state index is 12.9. The molecule has 2 aromatic heterocycles. The zero-order chi connectivity index (χ0) is 19.6. The van der Waals surface area contributed by atoms with Gasteiger partial charge in [0.1, 0.15) is 5.69 Å². The number of nitrogens with zero attached hydrogens (tertiary/aromatic N) is 3. The lowest BCUT2D eigenvalue weighted by atomic mass is 10.0. The number of aromatic nitrogens is 3. The Morgan fingerprint density at radius 2 is 2.19 bits per heavy atom. The Balaban J connectivity index is 1.58. The minimum absolute atomic E-state index is 0.00208. The summed E-state index contributed by atoms with van der Waals surface area (Å²) in [5.74, 6) is 0.204. The van der Waals surface area contributed by atoms with E-state index in [1.165, 1.54) is 5.56 Å². The van der Waals surface area contributed by atoms with E-state index < -0.39 is 0 Å². The van der Waals surface area contributed by atoms with E-state index in [1.54, 1.807) is 15.8 Å². The van der Waals surface area contributed by atoms with Crippen LogP contribution in [0.5, 0.6) is 0 Å². The fourth-order valence-corrected chi connectivity index (χ4v) is 3.66. The molecule has 1 fully saturated rings. The van der Waals surface area contributed by atoms with Gasteiger partial charge < -0.3 is 15.2 Å². The van der Waals surface area contributed by atoms with E-state index in [9.17, 15) is 9.59 Å². The van der Waals surface area contributed by atoms with Crippen LogP contribution in [0, 0.1) is 5.92 Å². The number of hydrogen-bond donors (Lipinski definition) is 2. The topological polar surface area (TPSA) is 83.0 Å². The number of aromatic amines is 1. The fraction of sp³-hybridized carbons (Fsp3) is 0.550. The monoisotopic (exact) mass is 371 g/mol. The SMILES string of the molecule is CCc1[nH]c(C(=O)N2CCC(C(=O)NCc3cnn(C)c3)C2)cc1C(C)C. The molecule has 1 aliphatic heterocycles. The number of likely N-dealkylation sites (tertiary alicyclic amines) is 1. The average molecular weight is 371 g/mol. The summed E-state index contributed by atoms with van der Waals surface area (Å²) in [4.78, 5) is 30.4. The summed E-state index contributed by atoms with van der Waals surface area (Å²) >= 11 is 0. The van der Waals surface area contributed by atoms with E-state index in [1.807, 2.05) is 19.3 Å². The lowest BCUT2D eigenvalue weighted by molar-refractivity contribution is -0.124. The second-order valence-corrected chi connectivity index (χ2v) is 7.60. The Labute approximate surface area is 160 Å². The molecule has 0 saturated carbocycles. The summed E-state index contributed by atoms with van der Waals surface area (Å²) in [5.41, 5.74) is 3.92.